The first-order chi connectivity index (χ1) is 16.5. The maximum Gasteiger partial charge on any atom is 0.387 e. The Morgan fingerprint density at radius 1 is 0.941 bits per heavy atom. The molecule has 3 aromatic rings. The van der Waals surface area contributed by atoms with Gasteiger partial charge in [-0.3, -0.25) is 0 Å². The standard InChI is InChI=1S/C26H33F2N5O/c1-33(2)24-21-8-4-5-9-22(21)31-26(32-24)30-16-19-13-11-18(12-14-19)15-29-17-20-7-3-6-10-23(20)34-25(27)28/h3-10,18-19,25,29H,11-17H2,1-2H3,(H,30,31,32). The number of anilines is 2. The van der Waals surface area contributed by atoms with E-state index in [4.69, 9.17) is 9.97 Å². The van der Waals surface area contributed by atoms with E-state index in [2.05, 4.69) is 15.4 Å². The molecule has 182 valence electrons. The van der Waals surface area contributed by atoms with Crippen molar-refractivity contribution >= 4 is 22.7 Å². The van der Waals surface area contributed by atoms with Crippen LogP contribution in [-0.4, -0.2) is 43.8 Å². The molecule has 0 atom stereocenters. The van der Waals surface area contributed by atoms with Crippen LogP contribution in [0.15, 0.2) is 48.5 Å². The number of hydrogen-bond donors (Lipinski definition) is 2. The second-order valence-electron chi connectivity index (χ2n) is 9.17. The monoisotopic (exact) mass is 469 g/mol. The SMILES string of the molecule is CN(C)c1nc(NCC2CCC(CNCc3ccccc3OC(F)F)CC2)nc2ccccc12. The highest BCUT2D eigenvalue weighted by atomic mass is 19.3. The van der Waals surface area contributed by atoms with Crippen LogP contribution in [0.2, 0.25) is 0 Å². The van der Waals surface area contributed by atoms with Gasteiger partial charge in [0.15, 0.2) is 0 Å². The van der Waals surface area contributed by atoms with Gasteiger partial charge in [-0.2, -0.15) is 13.8 Å². The van der Waals surface area contributed by atoms with Gasteiger partial charge < -0.3 is 20.3 Å². The lowest BCUT2D eigenvalue weighted by Gasteiger charge is -2.29. The molecule has 0 aliphatic heterocycles. The van der Waals surface area contributed by atoms with Crippen LogP contribution in [0.25, 0.3) is 10.9 Å². The van der Waals surface area contributed by atoms with E-state index in [0.717, 1.165) is 61.1 Å². The van der Waals surface area contributed by atoms with Crippen LogP contribution in [0.1, 0.15) is 31.2 Å². The number of aromatic nitrogens is 2. The molecule has 0 radical (unpaired) electrons. The van der Waals surface area contributed by atoms with Crippen molar-refractivity contribution in [1.29, 1.82) is 0 Å². The second kappa shape index (κ2) is 11.4. The van der Waals surface area contributed by atoms with E-state index in [1.807, 2.05) is 55.4 Å². The topological polar surface area (TPSA) is 62.3 Å². The predicted molar refractivity (Wildman–Crippen MR) is 133 cm³/mol. The van der Waals surface area contributed by atoms with Crippen molar-refractivity contribution < 1.29 is 13.5 Å². The summed E-state index contributed by atoms with van der Waals surface area (Å²) in [6.07, 6.45) is 4.60. The molecular formula is C26H33F2N5O. The largest absolute Gasteiger partial charge is 0.434 e. The molecule has 0 saturated heterocycles. The minimum Gasteiger partial charge on any atom is -0.434 e. The van der Waals surface area contributed by atoms with Crippen molar-refractivity contribution in [3.63, 3.8) is 0 Å². The summed E-state index contributed by atoms with van der Waals surface area (Å²) in [5.74, 6) is 3.03. The number of alkyl halides is 2. The number of para-hydroxylation sites is 2. The molecule has 4 rings (SSSR count). The van der Waals surface area contributed by atoms with Gasteiger partial charge in [0.25, 0.3) is 0 Å². The Morgan fingerprint density at radius 2 is 1.62 bits per heavy atom. The lowest BCUT2D eigenvalue weighted by atomic mass is 9.82. The zero-order chi connectivity index (χ0) is 23.9. The van der Waals surface area contributed by atoms with E-state index >= 15 is 0 Å². The summed E-state index contributed by atoms with van der Waals surface area (Å²) in [6.45, 7) is -0.537. The number of rotatable bonds is 10. The van der Waals surface area contributed by atoms with Gasteiger partial charge in [-0.15, -0.1) is 0 Å². The summed E-state index contributed by atoms with van der Waals surface area (Å²) in [5.41, 5.74) is 1.70. The summed E-state index contributed by atoms with van der Waals surface area (Å²) in [4.78, 5) is 11.4. The molecule has 0 spiro atoms. The fourth-order valence-corrected chi connectivity index (χ4v) is 4.63. The molecule has 0 unspecified atom stereocenters. The fourth-order valence-electron chi connectivity index (χ4n) is 4.63. The smallest absolute Gasteiger partial charge is 0.387 e. The number of ether oxygens (including phenoxy) is 1. The molecule has 1 aliphatic rings. The summed E-state index contributed by atoms with van der Waals surface area (Å²) < 4.78 is 29.8. The quantitative estimate of drug-likeness (QED) is 0.420. The first kappa shape index (κ1) is 24.1. The van der Waals surface area contributed by atoms with Gasteiger partial charge in [0.05, 0.1) is 5.52 Å². The van der Waals surface area contributed by atoms with E-state index in [1.165, 1.54) is 0 Å². The number of nitrogens with zero attached hydrogens (tertiary/aromatic N) is 3. The van der Waals surface area contributed by atoms with Crippen LogP contribution >= 0.6 is 0 Å². The van der Waals surface area contributed by atoms with Crippen LogP contribution in [-0.2, 0) is 6.54 Å². The minimum atomic E-state index is -2.81. The van der Waals surface area contributed by atoms with E-state index in [1.54, 1.807) is 12.1 Å². The average Bonchev–Trinajstić information content (AvgIpc) is 2.83. The number of nitrogens with one attached hydrogen (secondary N) is 2. The molecule has 0 bridgehead atoms. The number of halogens is 2. The molecule has 1 aromatic heterocycles. The lowest BCUT2D eigenvalue weighted by Crippen LogP contribution is -2.28. The highest BCUT2D eigenvalue weighted by molar-refractivity contribution is 5.90. The number of hydrogen-bond acceptors (Lipinski definition) is 6. The molecular weight excluding hydrogens is 436 g/mol. The molecule has 0 amide bonds. The third kappa shape index (κ3) is 6.32. The van der Waals surface area contributed by atoms with Crippen molar-refractivity contribution in [2.24, 2.45) is 11.8 Å². The third-order valence-corrected chi connectivity index (χ3v) is 6.46. The normalized spacial score (nSPS) is 18.3. The average molecular weight is 470 g/mol. The van der Waals surface area contributed by atoms with Gasteiger partial charge in [0, 0.05) is 38.1 Å². The predicted octanol–water partition coefficient (Wildman–Crippen LogP) is 5.31. The molecule has 6 nitrogen and oxygen atoms in total. The van der Waals surface area contributed by atoms with Crippen molar-refractivity contribution in [3.8, 4) is 5.75 Å². The highest BCUT2D eigenvalue weighted by Crippen LogP contribution is 2.29. The van der Waals surface area contributed by atoms with Gasteiger partial charge >= 0.3 is 6.61 Å². The molecule has 1 saturated carbocycles. The highest BCUT2D eigenvalue weighted by Gasteiger charge is 2.21. The number of benzene rings is 2. The van der Waals surface area contributed by atoms with Gasteiger partial charge in [0.2, 0.25) is 5.95 Å². The van der Waals surface area contributed by atoms with Crippen molar-refractivity contribution in [1.82, 2.24) is 15.3 Å². The van der Waals surface area contributed by atoms with Crippen molar-refractivity contribution in [3.05, 3.63) is 54.1 Å². The second-order valence-corrected chi connectivity index (χ2v) is 9.17. The van der Waals surface area contributed by atoms with Crippen LogP contribution < -0.4 is 20.3 Å². The van der Waals surface area contributed by atoms with E-state index in [-0.39, 0.29) is 5.75 Å². The van der Waals surface area contributed by atoms with Crippen molar-refractivity contribution in [2.75, 3.05) is 37.4 Å². The van der Waals surface area contributed by atoms with Gasteiger partial charge in [0.1, 0.15) is 11.6 Å². The van der Waals surface area contributed by atoms with Crippen LogP contribution in [0.4, 0.5) is 20.5 Å². The Bertz CT molecular complexity index is 1070. The van der Waals surface area contributed by atoms with Crippen molar-refractivity contribution in [2.45, 2.75) is 38.8 Å². The van der Waals surface area contributed by atoms with Crippen LogP contribution in [0, 0.1) is 11.8 Å². The van der Waals surface area contributed by atoms with Crippen LogP contribution in [0.5, 0.6) is 5.75 Å². The summed E-state index contributed by atoms with van der Waals surface area (Å²) >= 11 is 0. The molecule has 2 N–H and O–H groups in total. The number of fused-ring (bicyclic) bond motifs is 1. The van der Waals surface area contributed by atoms with E-state index in [9.17, 15) is 8.78 Å². The summed E-state index contributed by atoms with van der Waals surface area (Å²) in [6, 6.07) is 15.0. The zero-order valence-electron chi connectivity index (χ0n) is 19.8. The maximum absolute atomic E-state index is 12.6. The molecule has 1 fully saturated rings. The minimum absolute atomic E-state index is 0.244. The Labute approximate surface area is 199 Å². The van der Waals surface area contributed by atoms with E-state index < -0.39 is 6.61 Å². The van der Waals surface area contributed by atoms with Crippen LogP contribution in [0.3, 0.4) is 0 Å². The third-order valence-electron chi connectivity index (χ3n) is 6.46. The molecule has 1 heterocycles. The maximum atomic E-state index is 12.6. The van der Waals surface area contributed by atoms with E-state index in [0.29, 0.717) is 24.3 Å². The van der Waals surface area contributed by atoms with Gasteiger partial charge in [-0.25, -0.2) is 4.98 Å². The lowest BCUT2D eigenvalue weighted by molar-refractivity contribution is -0.0505. The zero-order valence-corrected chi connectivity index (χ0v) is 19.8. The van der Waals surface area contributed by atoms with Gasteiger partial charge in [-0.05, 0) is 62.3 Å². The summed E-state index contributed by atoms with van der Waals surface area (Å²) in [5, 5.41) is 7.94. The molecule has 8 heteroatoms. The molecule has 2 aromatic carbocycles. The van der Waals surface area contributed by atoms with Gasteiger partial charge in [-0.1, -0.05) is 30.3 Å². The fraction of sp³-hybridized carbons (Fsp3) is 0.462. The Balaban J connectivity index is 1.23. The molecule has 34 heavy (non-hydrogen) atoms. The molecule has 1 aliphatic carbocycles. The first-order valence-electron chi connectivity index (χ1n) is 11.9. The first-order valence-corrected chi connectivity index (χ1v) is 11.9. The Morgan fingerprint density at radius 3 is 2.35 bits per heavy atom. The summed E-state index contributed by atoms with van der Waals surface area (Å²) in [7, 11) is 4.00. The Hall–Kier alpha value is -3.00. The Kier molecular flexibility index (Phi) is 8.11.